The SMILES string of the molecule is CCCCCCCCCCCCCCCCCCOc1ccccc1C(=O)C(Cl)C(=O)Nc1ccccc1Cl. The molecule has 0 radical (unpaired) electrons. The van der Waals surface area contributed by atoms with E-state index in [1.807, 2.05) is 6.07 Å². The number of hydrogen-bond donors (Lipinski definition) is 1. The number of halogens is 2. The van der Waals surface area contributed by atoms with E-state index in [1.165, 1.54) is 89.9 Å². The van der Waals surface area contributed by atoms with Gasteiger partial charge in [-0.25, -0.2) is 0 Å². The largest absolute Gasteiger partial charge is 0.493 e. The van der Waals surface area contributed by atoms with Gasteiger partial charge in [0.05, 0.1) is 22.9 Å². The number of unbranched alkanes of at least 4 members (excludes halogenated alkanes) is 15. The number of ether oxygens (including phenoxy) is 1. The number of rotatable bonds is 22. The van der Waals surface area contributed by atoms with Crippen molar-refractivity contribution in [3.05, 3.63) is 59.1 Å². The van der Waals surface area contributed by atoms with Crippen LogP contribution in [0.4, 0.5) is 5.69 Å². The predicted octanol–water partition coefficient (Wildman–Crippen LogP) is 10.4. The number of para-hydroxylation sites is 2. The Kier molecular flexibility index (Phi) is 17.7. The van der Waals surface area contributed by atoms with E-state index < -0.39 is 17.1 Å². The molecule has 0 aliphatic carbocycles. The Morgan fingerprint density at radius 2 is 1.21 bits per heavy atom. The topological polar surface area (TPSA) is 55.4 Å². The Hall–Kier alpha value is -2.04. The molecule has 39 heavy (non-hydrogen) atoms. The third-order valence-electron chi connectivity index (χ3n) is 7.00. The minimum absolute atomic E-state index is 0.309. The summed E-state index contributed by atoms with van der Waals surface area (Å²) in [6.45, 7) is 2.80. The van der Waals surface area contributed by atoms with Crippen LogP contribution in [-0.4, -0.2) is 23.7 Å². The monoisotopic (exact) mass is 575 g/mol. The Labute approximate surface area is 246 Å². The highest BCUT2D eigenvalue weighted by Gasteiger charge is 2.28. The number of carbonyl (C=O) groups excluding carboxylic acids is 2. The molecule has 1 N–H and O–H groups in total. The van der Waals surface area contributed by atoms with Gasteiger partial charge in [-0.05, 0) is 30.7 Å². The van der Waals surface area contributed by atoms with Gasteiger partial charge in [-0.2, -0.15) is 0 Å². The van der Waals surface area contributed by atoms with Crippen LogP contribution in [0.1, 0.15) is 120 Å². The van der Waals surface area contributed by atoms with Crippen molar-refractivity contribution < 1.29 is 14.3 Å². The lowest BCUT2D eigenvalue weighted by atomic mass is 10.0. The average Bonchev–Trinajstić information content (AvgIpc) is 2.95. The maximum atomic E-state index is 13.0. The Morgan fingerprint density at radius 3 is 1.77 bits per heavy atom. The van der Waals surface area contributed by atoms with Crippen molar-refractivity contribution in [1.82, 2.24) is 0 Å². The molecule has 0 fully saturated rings. The summed E-state index contributed by atoms with van der Waals surface area (Å²) in [6.07, 6.45) is 21.1. The minimum atomic E-state index is -1.39. The summed E-state index contributed by atoms with van der Waals surface area (Å²) in [4.78, 5) is 25.5. The first kappa shape index (κ1) is 33.2. The first-order valence-electron chi connectivity index (χ1n) is 15.0. The second-order valence-corrected chi connectivity index (χ2v) is 11.2. The highest BCUT2D eigenvalue weighted by atomic mass is 35.5. The summed E-state index contributed by atoms with van der Waals surface area (Å²) in [5, 5.41) is 1.61. The molecule has 216 valence electrons. The number of amides is 1. The van der Waals surface area contributed by atoms with Crippen LogP contribution in [0.15, 0.2) is 48.5 Å². The Bertz CT molecular complexity index is 965. The third-order valence-corrected chi connectivity index (χ3v) is 7.73. The van der Waals surface area contributed by atoms with E-state index >= 15 is 0 Å². The van der Waals surface area contributed by atoms with Gasteiger partial charge >= 0.3 is 0 Å². The second kappa shape index (κ2) is 20.8. The molecular weight excluding hydrogens is 529 g/mol. The molecule has 0 heterocycles. The molecule has 0 saturated heterocycles. The van der Waals surface area contributed by atoms with E-state index in [0.717, 1.165) is 12.8 Å². The fraction of sp³-hybridized carbons (Fsp3) is 0.576. The number of ketones is 1. The summed E-state index contributed by atoms with van der Waals surface area (Å²) in [7, 11) is 0. The van der Waals surface area contributed by atoms with E-state index in [2.05, 4.69) is 12.2 Å². The molecule has 2 rings (SSSR count). The predicted molar refractivity (Wildman–Crippen MR) is 166 cm³/mol. The number of benzene rings is 2. The van der Waals surface area contributed by atoms with E-state index in [9.17, 15) is 9.59 Å². The van der Waals surface area contributed by atoms with Gasteiger partial charge < -0.3 is 10.1 Å². The minimum Gasteiger partial charge on any atom is -0.493 e. The molecule has 1 atom stereocenters. The van der Waals surface area contributed by atoms with Crippen LogP contribution in [0.3, 0.4) is 0 Å². The molecule has 1 amide bonds. The number of hydrogen-bond acceptors (Lipinski definition) is 3. The number of nitrogens with one attached hydrogen (secondary N) is 1. The molecule has 2 aromatic rings. The van der Waals surface area contributed by atoms with Crippen LogP contribution in [0.25, 0.3) is 0 Å². The summed E-state index contributed by atoms with van der Waals surface area (Å²) >= 11 is 12.3. The highest BCUT2D eigenvalue weighted by Crippen LogP contribution is 2.25. The summed E-state index contributed by atoms with van der Waals surface area (Å²) in [5.41, 5.74) is 0.721. The van der Waals surface area contributed by atoms with Gasteiger partial charge in [0, 0.05) is 0 Å². The van der Waals surface area contributed by atoms with Gasteiger partial charge in [-0.1, -0.05) is 139 Å². The quantitative estimate of drug-likeness (QED) is 0.0657. The van der Waals surface area contributed by atoms with Crippen molar-refractivity contribution in [3.63, 3.8) is 0 Å². The first-order valence-corrected chi connectivity index (χ1v) is 15.8. The zero-order chi connectivity index (χ0) is 28.1. The van der Waals surface area contributed by atoms with Crippen molar-refractivity contribution in [1.29, 1.82) is 0 Å². The summed E-state index contributed by atoms with van der Waals surface area (Å²) < 4.78 is 5.91. The lowest BCUT2D eigenvalue weighted by molar-refractivity contribution is -0.115. The molecule has 0 bridgehead atoms. The lowest BCUT2D eigenvalue weighted by Crippen LogP contribution is -2.31. The number of Topliss-reactive ketones (excluding diaryl/α,β-unsaturated/α-hetero) is 1. The van der Waals surface area contributed by atoms with Crippen molar-refractivity contribution in [2.75, 3.05) is 11.9 Å². The van der Waals surface area contributed by atoms with E-state index in [4.69, 9.17) is 27.9 Å². The second-order valence-electron chi connectivity index (χ2n) is 10.3. The highest BCUT2D eigenvalue weighted by molar-refractivity contribution is 6.46. The van der Waals surface area contributed by atoms with Crippen molar-refractivity contribution in [2.45, 2.75) is 115 Å². The van der Waals surface area contributed by atoms with Crippen molar-refractivity contribution >= 4 is 40.6 Å². The smallest absolute Gasteiger partial charge is 0.250 e. The zero-order valence-electron chi connectivity index (χ0n) is 23.7. The van der Waals surface area contributed by atoms with Crippen LogP contribution in [0.5, 0.6) is 5.75 Å². The van der Waals surface area contributed by atoms with E-state index in [-0.39, 0.29) is 0 Å². The molecule has 0 aromatic heterocycles. The molecule has 0 aliphatic heterocycles. The van der Waals surface area contributed by atoms with Crippen LogP contribution in [0, 0.1) is 0 Å². The maximum Gasteiger partial charge on any atom is 0.250 e. The molecule has 0 saturated carbocycles. The molecule has 0 aliphatic rings. The van der Waals surface area contributed by atoms with Crippen molar-refractivity contribution in [2.24, 2.45) is 0 Å². The van der Waals surface area contributed by atoms with Crippen LogP contribution < -0.4 is 10.1 Å². The molecule has 6 heteroatoms. The fourth-order valence-corrected chi connectivity index (χ4v) is 5.00. The Morgan fingerprint density at radius 1 is 0.718 bits per heavy atom. The van der Waals surface area contributed by atoms with Gasteiger partial charge in [-0.15, -0.1) is 11.6 Å². The molecule has 0 spiro atoms. The standard InChI is InChI=1S/C33H47Cl2NO3/c1-2-3-4-5-6-7-8-9-10-11-12-13-14-15-16-21-26-39-30-25-20-17-22-27(30)32(37)31(35)33(38)36-29-24-19-18-23-28(29)34/h17-20,22-25,31H,2-16,21,26H2,1H3,(H,36,38). The first-order chi connectivity index (χ1) is 19.0. The van der Waals surface area contributed by atoms with Crippen LogP contribution in [0.2, 0.25) is 5.02 Å². The Balaban J connectivity index is 1.57. The molecule has 1 unspecified atom stereocenters. The van der Waals surface area contributed by atoms with E-state index in [1.54, 1.807) is 42.5 Å². The zero-order valence-corrected chi connectivity index (χ0v) is 25.2. The third kappa shape index (κ3) is 13.7. The fourth-order valence-electron chi connectivity index (χ4n) is 4.64. The maximum absolute atomic E-state index is 13.0. The van der Waals surface area contributed by atoms with Crippen LogP contribution in [-0.2, 0) is 4.79 Å². The molecule has 2 aromatic carbocycles. The normalized spacial score (nSPS) is 11.8. The number of anilines is 1. The van der Waals surface area contributed by atoms with Gasteiger partial charge in [0.15, 0.2) is 11.2 Å². The molecular formula is C33H47Cl2NO3. The summed E-state index contributed by atoms with van der Waals surface area (Å²) in [6, 6.07) is 13.8. The van der Waals surface area contributed by atoms with Gasteiger partial charge in [0.1, 0.15) is 5.75 Å². The van der Waals surface area contributed by atoms with E-state index in [0.29, 0.717) is 28.6 Å². The average molecular weight is 577 g/mol. The number of alkyl halides is 1. The summed E-state index contributed by atoms with van der Waals surface area (Å²) in [5.74, 6) is -0.661. The molecule has 4 nitrogen and oxygen atoms in total. The van der Waals surface area contributed by atoms with Crippen LogP contribution >= 0.6 is 23.2 Å². The number of carbonyl (C=O) groups is 2. The van der Waals surface area contributed by atoms with Crippen molar-refractivity contribution in [3.8, 4) is 5.75 Å². The van der Waals surface area contributed by atoms with Gasteiger partial charge in [0.2, 0.25) is 0 Å². The lowest BCUT2D eigenvalue weighted by Gasteiger charge is -2.14. The van der Waals surface area contributed by atoms with Gasteiger partial charge in [-0.3, -0.25) is 9.59 Å². The van der Waals surface area contributed by atoms with Gasteiger partial charge in [0.25, 0.3) is 5.91 Å².